The Kier molecular flexibility index (Phi) is 5.47. The lowest BCUT2D eigenvalue weighted by molar-refractivity contribution is -0.124. The van der Waals surface area contributed by atoms with Gasteiger partial charge in [-0.2, -0.15) is 0 Å². The number of carbonyl (C=O) groups excluding carboxylic acids is 3. The van der Waals surface area contributed by atoms with Crippen molar-refractivity contribution in [1.82, 2.24) is 4.98 Å². The molecule has 1 aliphatic heterocycles. The van der Waals surface area contributed by atoms with Gasteiger partial charge in [0.25, 0.3) is 5.91 Å². The lowest BCUT2D eigenvalue weighted by Gasteiger charge is -2.28. The first kappa shape index (κ1) is 21.3. The van der Waals surface area contributed by atoms with Gasteiger partial charge in [0, 0.05) is 10.9 Å². The van der Waals surface area contributed by atoms with Gasteiger partial charge in [-0.05, 0) is 48.5 Å². The molecule has 1 aliphatic rings. The van der Waals surface area contributed by atoms with Gasteiger partial charge < -0.3 is 10.1 Å². The smallest absolute Gasteiger partial charge is 0.339 e. The van der Waals surface area contributed by atoms with Gasteiger partial charge in [-0.3, -0.25) is 14.5 Å². The topological polar surface area (TPSA) is 88.6 Å². The summed E-state index contributed by atoms with van der Waals surface area (Å²) in [6.07, 6.45) is 0. The molecule has 0 radical (unpaired) electrons. The molecule has 0 atom stereocenters. The van der Waals surface area contributed by atoms with Crippen molar-refractivity contribution in [3.8, 4) is 11.3 Å². The molecule has 1 N–H and O–H groups in total. The van der Waals surface area contributed by atoms with E-state index in [0.717, 1.165) is 0 Å². The van der Waals surface area contributed by atoms with Crippen molar-refractivity contribution in [2.24, 2.45) is 0 Å². The van der Waals surface area contributed by atoms with Crippen molar-refractivity contribution in [3.63, 3.8) is 0 Å². The molecule has 0 unspecified atom stereocenters. The van der Waals surface area contributed by atoms with Crippen molar-refractivity contribution in [1.29, 1.82) is 0 Å². The highest BCUT2D eigenvalue weighted by molar-refractivity contribution is 6.11. The molecular formula is C26H18FN3O4. The first-order valence-electron chi connectivity index (χ1n) is 10.5. The summed E-state index contributed by atoms with van der Waals surface area (Å²) in [5.41, 5.74) is 2.95. The summed E-state index contributed by atoms with van der Waals surface area (Å²) in [5.74, 6) is -1.93. The van der Waals surface area contributed by atoms with E-state index in [-0.39, 0.29) is 23.8 Å². The maximum Gasteiger partial charge on any atom is 0.339 e. The van der Waals surface area contributed by atoms with Crippen LogP contribution in [-0.2, 0) is 14.3 Å². The lowest BCUT2D eigenvalue weighted by atomic mass is 10.0. The molecule has 0 fully saturated rings. The molecule has 7 nitrogen and oxygen atoms in total. The van der Waals surface area contributed by atoms with Gasteiger partial charge >= 0.3 is 5.97 Å². The Labute approximate surface area is 193 Å². The molecule has 8 heteroatoms. The van der Waals surface area contributed by atoms with E-state index in [4.69, 9.17) is 4.74 Å². The number of nitrogens with zero attached hydrogens (tertiary/aromatic N) is 2. The van der Waals surface area contributed by atoms with E-state index in [2.05, 4.69) is 10.3 Å². The standard InChI is InChI=1S/C26H18FN3O4/c27-17-11-9-16(10-12-17)22-13-19(18-5-1-2-6-20(18)28-22)26(33)34-15-25(32)30-14-24(31)29-21-7-3-4-8-23(21)30/h1-13H,14-15H2,(H,29,31). The summed E-state index contributed by atoms with van der Waals surface area (Å²) in [6, 6.07) is 21.3. The summed E-state index contributed by atoms with van der Waals surface area (Å²) in [4.78, 5) is 43.7. The molecule has 168 valence electrons. The second kappa shape index (κ2) is 8.74. The van der Waals surface area contributed by atoms with E-state index >= 15 is 0 Å². The fourth-order valence-corrected chi connectivity index (χ4v) is 3.85. The number of nitrogens with one attached hydrogen (secondary N) is 1. The van der Waals surface area contributed by atoms with Crippen LogP contribution in [0.1, 0.15) is 10.4 Å². The average molecular weight is 455 g/mol. The van der Waals surface area contributed by atoms with Crippen molar-refractivity contribution in [2.45, 2.75) is 0 Å². The predicted octanol–water partition coefficient (Wildman–Crippen LogP) is 4.18. The number of ether oxygens (including phenoxy) is 1. The van der Waals surface area contributed by atoms with Crippen molar-refractivity contribution >= 4 is 40.1 Å². The van der Waals surface area contributed by atoms with E-state index in [1.807, 2.05) is 0 Å². The number of pyridine rings is 1. The number of rotatable bonds is 4. The van der Waals surface area contributed by atoms with E-state index in [9.17, 15) is 18.8 Å². The minimum Gasteiger partial charge on any atom is -0.452 e. The Morgan fingerprint density at radius 2 is 1.74 bits per heavy atom. The van der Waals surface area contributed by atoms with E-state index in [1.165, 1.54) is 17.0 Å². The summed E-state index contributed by atoms with van der Waals surface area (Å²) < 4.78 is 18.7. The van der Waals surface area contributed by atoms with Crippen LogP contribution in [0.4, 0.5) is 15.8 Å². The average Bonchev–Trinajstić information content (AvgIpc) is 2.86. The largest absolute Gasteiger partial charge is 0.452 e. The van der Waals surface area contributed by atoms with Crippen LogP contribution in [0.2, 0.25) is 0 Å². The molecule has 34 heavy (non-hydrogen) atoms. The number of halogens is 1. The highest BCUT2D eigenvalue weighted by atomic mass is 19.1. The molecule has 5 rings (SSSR count). The first-order valence-corrected chi connectivity index (χ1v) is 10.5. The van der Waals surface area contributed by atoms with Crippen LogP contribution in [0.5, 0.6) is 0 Å². The summed E-state index contributed by atoms with van der Waals surface area (Å²) in [7, 11) is 0. The molecule has 1 aromatic heterocycles. The third-order valence-corrected chi connectivity index (χ3v) is 5.47. The van der Waals surface area contributed by atoms with Crippen LogP contribution < -0.4 is 10.2 Å². The minimum atomic E-state index is -0.704. The monoisotopic (exact) mass is 455 g/mol. The number of hydrogen-bond donors (Lipinski definition) is 1. The number of anilines is 2. The summed E-state index contributed by atoms with van der Waals surface area (Å²) >= 11 is 0. The molecule has 2 heterocycles. The maximum atomic E-state index is 13.4. The number of carbonyl (C=O) groups is 3. The highest BCUT2D eigenvalue weighted by Gasteiger charge is 2.27. The Bertz CT molecular complexity index is 1440. The van der Waals surface area contributed by atoms with Gasteiger partial charge in [-0.15, -0.1) is 0 Å². The van der Waals surface area contributed by atoms with E-state index < -0.39 is 18.5 Å². The Balaban J connectivity index is 1.41. The van der Waals surface area contributed by atoms with Gasteiger partial charge in [-0.1, -0.05) is 30.3 Å². The minimum absolute atomic E-state index is 0.166. The fourth-order valence-electron chi connectivity index (χ4n) is 3.85. The molecule has 4 aromatic rings. The summed E-state index contributed by atoms with van der Waals surface area (Å²) in [6.45, 7) is -0.705. The molecule has 0 aliphatic carbocycles. The Morgan fingerprint density at radius 3 is 2.56 bits per heavy atom. The van der Waals surface area contributed by atoms with Gasteiger partial charge in [0.05, 0.1) is 28.1 Å². The molecule has 0 saturated carbocycles. The van der Waals surface area contributed by atoms with Crippen LogP contribution in [0, 0.1) is 5.82 Å². The number of para-hydroxylation sites is 3. The van der Waals surface area contributed by atoms with Crippen molar-refractivity contribution in [3.05, 3.63) is 90.2 Å². The number of esters is 1. The van der Waals surface area contributed by atoms with E-state index in [0.29, 0.717) is 33.5 Å². The Hall–Kier alpha value is -4.59. The zero-order chi connectivity index (χ0) is 23.7. The zero-order valence-corrected chi connectivity index (χ0v) is 17.8. The van der Waals surface area contributed by atoms with Gasteiger partial charge in [0.2, 0.25) is 5.91 Å². The number of aromatic nitrogens is 1. The zero-order valence-electron chi connectivity index (χ0n) is 17.8. The first-order chi connectivity index (χ1) is 16.5. The third-order valence-electron chi connectivity index (χ3n) is 5.47. The van der Waals surface area contributed by atoms with Crippen LogP contribution in [0.15, 0.2) is 78.9 Å². The fraction of sp³-hybridized carbons (Fsp3) is 0.0769. The second-order valence-corrected chi connectivity index (χ2v) is 7.70. The van der Waals surface area contributed by atoms with Crippen molar-refractivity contribution in [2.75, 3.05) is 23.4 Å². The van der Waals surface area contributed by atoms with Crippen LogP contribution in [0.25, 0.3) is 22.2 Å². The molecule has 0 saturated heterocycles. The lowest BCUT2D eigenvalue weighted by Crippen LogP contribution is -2.44. The number of fused-ring (bicyclic) bond motifs is 2. The van der Waals surface area contributed by atoms with Gasteiger partial charge in [0.15, 0.2) is 6.61 Å². The predicted molar refractivity (Wildman–Crippen MR) is 125 cm³/mol. The molecule has 0 spiro atoms. The maximum absolute atomic E-state index is 13.4. The summed E-state index contributed by atoms with van der Waals surface area (Å²) in [5, 5.41) is 3.27. The van der Waals surface area contributed by atoms with Crippen LogP contribution >= 0.6 is 0 Å². The quantitative estimate of drug-likeness (QED) is 0.467. The van der Waals surface area contributed by atoms with Crippen LogP contribution in [0.3, 0.4) is 0 Å². The Morgan fingerprint density at radius 1 is 1.00 bits per heavy atom. The number of amides is 2. The molecule has 2 amide bonds. The normalized spacial score (nSPS) is 12.7. The highest BCUT2D eigenvalue weighted by Crippen LogP contribution is 2.29. The van der Waals surface area contributed by atoms with Gasteiger partial charge in [0.1, 0.15) is 12.4 Å². The SMILES string of the molecule is O=C1CN(C(=O)COC(=O)c2cc(-c3ccc(F)cc3)nc3ccccc23)c2ccccc2N1. The third kappa shape index (κ3) is 4.09. The van der Waals surface area contributed by atoms with Gasteiger partial charge in [-0.25, -0.2) is 14.2 Å². The van der Waals surface area contributed by atoms with E-state index in [1.54, 1.807) is 66.7 Å². The molecular weight excluding hydrogens is 437 g/mol. The van der Waals surface area contributed by atoms with Crippen molar-refractivity contribution < 1.29 is 23.5 Å². The molecule has 0 bridgehead atoms. The second-order valence-electron chi connectivity index (χ2n) is 7.70. The van der Waals surface area contributed by atoms with Crippen LogP contribution in [-0.4, -0.2) is 35.9 Å². The number of hydrogen-bond acceptors (Lipinski definition) is 5. The molecule has 3 aromatic carbocycles. The number of benzene rings is 3.